The predicted octanol–water partition coefficient (Wildman–Crippen LogP) is 4.10. The molecule has 0 unspecified atom stereocenters. The Balaban J connectivity index is 1.92. The van der Waals surface area contributed by atoms with E-state index in [9.17, 15) is 9.59 Å². The molecule has 4 rings (SSSR count). The minimum Gasteiger partial charge on any atom is -0.489 e. The molecule has 0 fully saturated rings. The quantitative estimate of drug-likeness (QED) is 0.371. The molecular formula is C28H28N2O4S. The molecule has 1 aliphatic heterocycles. The first-order chi connectivity index (χ1) is 16.8. The molecular weight excluding hydrogens is 460 g/mol. The summed E-state index contributed by atoms with van der Waals surface area (Å²) >= 11 is 1.29. The minimum atomic E-state index is -0.630. The van der Waals surface area contributed by atoms with Crippen molar-refractivity contribution in [2.45, 2.75) is 32.7 Å². The molecule has 0 N–H and O–H groups in total. The molecule has 3 aromatic rings. The summed E-state index contributed by atoms with van der Waals surface area (Å²) in [5.74, 6) is 0.527. The SMILES string of the molecule is C=CCOc1ccccc1/C=c1\sc2n(c1=O)[C@@H](c1ccc(C(C)C)cc1)C(C(=O)OC)=C(C)N=2. The number of carbonyl (C=O) groups excluding carboxylic acids is 1. The van der Waals surface area contributed by atoms with Gasteiger partial charge >= 0.3 is 5.97 Å². The van der Waals surface area contributed by atoms with E-state index in [4.69, 9.17) is 9.47 Å². The van der Waals surface area contributed by atoms with Crippen molar-refractivity contribution < 1.29 is 14.3 Å². The average Bonchev–Trinajstić information content (AvgIpc) is 3.16. The molecule has 0 amide bonds. The van der Waals surface area contributed by atoms with Gasteiger partial charge in [-0.3, -0.25) is 9.36 Å². The zero-order valence-corrected chi connectivity index (χ0v) is 21.1. The summed E-state index contributed by atoms with van der Waals surface area (Å²) in [7, 11) is 1.34. The van der Waals surface area contributed by atoms with Gasteiger partial charge in [0, 0.05) is 5.56 Å². The molecule has 2 aromatic carbocycles. The van der Waals surface area contributed by atoms with Crippen LogP contribution < -0.4 is 19.6 Å². The van der Waals surface area contributed by atoms with Gasteiger partial charge in [-0.05, 0) is 36.1 Å². The fourth-order valence-electron chi connectivity index (χ4n) is 4.09. The van der Waals surface area contributed by atoms with Crippen LogP contribution in [-0.2, 0) is 9.53 Å². The van der Waals surface area contributed by atoms with Gasteiger partial charge in [0.05, 0.1) is 29.0 Å². The van der Waals surface area contributed by atoms with Gasteiger partial charge in [-0.25, -0.2) is 9.79 Å². The van der Waals surface area contributed by atoms with Gasteiger partial charge in [0.25, 0.3) is 5.56 Å². The maximum atomic E-state index is 13.7. The van der Waals surface area contributed by atoms with Gasteiger partial charge in [-0.15, -0.1) is 0 Å². The number of thiazole rings is 1. The number of para-hydroxylation sites is 1. The number of benzene rings is 2. The van der Waals surface area contributed by atoms with Gasteiger partial charge in [0.15, 0.2) is 4.80 Å². The third-order valence-electron chi connectivity index (χ3n) is 5.91. The van der Waals surface area contributed by atoms with Crippen molar-refractivity contribution in [1.82, 2.24) is 4.57 Å². The number of ether oxygens (including phenoxy) is 2. The Morgan fingerprint density at radius 3 is 2.57 bits per heavy atom. The molecule has 1 atom stereocenters. The van der Waals surface area contributed by atoms with E-state index in [0.717, 1.165) is 11.1 Å². The number of allylic oxidation sites excluding steroid dienone is 1. The van der Waals surface area contributed by atoms with Crippen LogP contribution in [0.25, 0.3) is 6.08 Å². The Morgan fingerprint density at radius 1 is 1.20 bits per heavy atom. The second-order valence-corrected chi connectivity index (χ2v) is 9.54. The van der Waals surface area contributed by atoms with Crippen molar-refractivity contribution in [3.05, 3.63) is 109 Å². The Hall–Kier alpha value is -3.71. The number of aromatic nitrogens is 1. The molecule has 0 spiro atoms. The fraction of sp³-hybridized carbons (Fsp3) is 0.250. The lowest BCUT2D eigenvalue weighted by Gasteiger charge is -2.24. The normalized spacial score (nSPS) is 15.6. The molecule has 1 aliphatic rings. The van der Waals surface area contributed by atoms with E-state index in [1.54, 1.807) is 23.6 Å². The van der Waals surface area contributed by atoms with Crippen LogP contribution in [0.1, 0.15) is 49.4 Å². The lowest BCUT2D eigenvalue weighted by molar-refractivity contribution is -0.136. The van der Waals surface area contributed by atoms with Crippen LogP contribution in [-0.4, -0.2) is 24.3 Å². The molecule has 0 saturated heterocycles. The number of hydrogen-bond acceptors (Lipinski definition) is 6. The van der Waals surface area contributed by atoms with Crippen LogP contribution in [0.4, 0.5) is 0 Å². The van der Waals surface area contributed by atoms with Gasteiger partial charge < -0.3 is 9.47 Å². The van der Waals surface area contributed by atoms with Crippen molar-refractivity contribution in [2.75, 3.05) is 13.7 Å². The minimum absolute atomic E-state index is 0.223. The molecule has 0 bridgehead atoms. The number of rotatable bonds is 7. The lowest BCUT2D eigenvalue weighted by Crippen LogP contribution is -2.39. The van der Waals surface area contributed by atoms with Crippen molar-refractivity contribution in [1.29, 1.82) is 0 Å². The summed E-state index contributed by atoms with van der Waals surface area (Å²) < 4.78 is 12.9. The van der Waals surface area contributed by atoms with Crippen molar-refractivity contribution in [2.24, 2.45) is 4.99 Å². The lowest BCUT2D eigenvalue weighted by atomic mass is 9.93. The van der Waals surface area contributed by atoms with E-state index in [0.29, 0.717) is 38.9 Å². The number of methoxy groups -OCH3 is 1. The summed E-state index contributed by atoms with van der Waals surface area (Å²) in [6.07, 6.45) is 3.48. The van der Waals surface area contributed by atoms with Crippen LogP contribution in [0.3, 0.4) is 0 Å². The van der Waals surface area contributed by atoms with E-state index in [1.807, 2.05) is 48.5 Å². The van der Waals surface area contributed by atoms with Crippen molar-refractivity contribution in [3.8, 4) is 5.75 Å². The Kier molecular flexibility index (Phi) is 7.17. The van der Waals surface area contributed by atoms with E-state index in [2.05, 4.69) is 25.4 Å². The van der Waals surface area contributed by atoms with Gasteiger partial charge in [0.2, 0.25) is 0 Å². The predicted molar refractivity (Wildman–Crippen MR) is 138 cm³/mol. The molecule has 1 aromatic heterocycles. The highest BCUT2D eigenvalue weighted by Crippen LogP contribution is 2.31. The molecule has 6 nitrogen and oxygen atoms in total. The first kappa shape index (κ1) is 24.4. The molecule has 0 aliphatic carbocycles. The average molecular weight is 489 g/mol. The van der Waals surface area contributed by atoms with E-state index in [1.165, 1.54) is 24.0 Å². The topological polar surface area (TPSA) is 69.9 Å². The van der Waals surface area contributed by atoms with Crippen LogP contribution in [0.5, 0.6) is 5.75 Å². The van der Waals surface area contributed by atoms with Crippen molar-refractivity contribution >= 4 is 23.4 Å². The van der Waals surface area contributed by atoms with Gasteiger partial charge in [-0.2, -0.15) is 0 Å². The third kappa shape index (κ3) is 4.77. The second-order valence-electron chi connectivity index (χ2n) is 8.53. The van der Waals surface area contributed by atoms with Gasteiger partial charge in [0.1, 0.15) is 12.4 Å². The molecule has 35 heavy (non-hydrogen) atoms. The highest BCUT2D eigenvalue weighted by molar-refractivity contribution is 7.07. The van der Waals surface area contributed by atoms with Crippen LogP contribution >= 0.6 is 11.3 Å². The van der Waals surface area contributed by atoms with E-state index >= 15 is 0 Å². The first-order valence-corrected chi connectivity index (χ1v) is 12.2. The summed E-state index contributed by atoms with van der Waals surface area (Å²) in [6, 6.07) is 14.9. The zero-order valence-electron chi connectivity index (χ0n) is 20.3. The van der Waals surface area contributed by atoms with Crippen molar-refractivity contribution in [3.63, 3.8) is 0 Å². The third-order valence-corrected chi connectivity index (χ3v) is 6.89. The summed E-state index contributed by atoms with van der Waals surface area (Å²) in [5.41, 5.74) is 3.46. The maximum Gasteiger partial charge on any atom is 0.338 e. The Bertz CT molecular complexity index is 1480. The smallest absolute Gasteiger partial charge is 0.338 e. The molecule has 0 saturated carbocycles. The summed E-state index contributed by atoms with van der Waals surface area (Å²) in [4.78, 5) is 31.7. The molecule has 7 heteroatoms. The highest BCUT2D eigenvalue weighted by Gasteiger charge is 2.33. The largest absolute Gasteiger partial charge is 0.489 e. The maximum absolute atomic E-state index is 13.7. The number of esters is 1. The van der Waals surface area contributed by atoms with Crippen LogP contribution in [0.2, 0.25) is 0 Å². The number of carbonyl (C=O) groups is 1. The van der Waals surface area contributed by atoms with Gasteiger partial charge in [-0.1, -0.05) is 80.3 Å². The summed E-state index contributed by atoms with van der Waals surface area (Å²) in [6.45, 7) is 10.1. The fourth-order valence-corrected chi connectivity index (χ4v) is 5.13. The second kappa shape index (κ2) is 10.3. The molecule has 0 radical (unpaired) electrons. The molecule has 180 valence electrons. The zero-order chi connectivity index (χ0) is 25.1. The van der Waals surface area contributed by atoms with Crippen LogP contribution in [0.15, 0.2) is 82.2 Å². The number of hydrogen-bond donors (Lipinski definition) is 0. The Morgan fingerprint density at radius 2 is 1.91 bits per heavy atom. The standard InChI is InChI=1S/C28H28N2O4S/c1-6-15-34-22-10-8-7-9-21(22)16-23-26(31)30-25(20-13-11-19(12-14-20)17(2)3)24(27(32)33-5)18(4)29-28(30)35-23/h6-14,16-17,25H,1,15H2,2-5H3/b23-16-/t25-/m0/s1. The first-order valence-electron chi connectivity index (χ1n) is 11.4. The van der Waals surface area contributed by atoms with E-state index < -0.39 is 12.0 Å². The Labute approximate surface area is 208 Å². The molecule has 2 heterocycles. The van der Waals surface area contributed by atoms with E-state index in [-0.39, 0.29) is 5.56 Å². The number of nitrogens with zero attached hydrogens (tertiary/aromatic N) is 2. The number of fused-ring (bicyclic) bond motifs is 1. The van der Waals surface area contributed by atoms with Crippen LogP contribution in [0, 0.1) is 0 Å². The highest BCUT2D eigenvalue weighted by atomic mass is 32.1. The monoisotopic (exact) mass is 488 g/mol. The summed E-state index contributed by atoms with van der Waals surface area (Å²) in [5, 5.41) is 0.